The van der Waals surface area contributed by atoms with Crippen molar-refractivity contribution in [2.24, 2.45) is 0 Å². The first-order chi connectivity index (χ1) is 11.5. The molecule has 0 aliphatic heterocycles. The number of nitrogens with zero attached hydrogens (tertiary/aromatic N) is 1. The summed E-state index contributed by atoms with van der Waals surface area (Å²) >= 11 is 0. The molecule has 0 aliphatic rings. The molecule has 0 fully saturated rings. The first-order valence-electron chi connectivity index (χ1n) is 7.53. The molecule has 5 heteroatoms. The topological polar surface area (TPSA) is 85.2 Å². The average Bonchev–Trinajstić information content (AvgIpc) is 2.57. The molecule has 0 saturated heterocycles. The number of hydrogen-bond donors (Lipinski definition) is 3. The van der Waals surface area contributed by atoms with Crippen molar-refractivity contribution in [1.82, 2.24) is 5.32 Å². The number of nitrogens with one attached hydrogen (secondary N) is 2. The monoisotopic (exact) mass is 321 g/mol. The van der Waals surface area contributed by atoms with Gasteiger partial charge < -0.3 is 15.7 Å². The van der Waals surface area contributed by atoms with Gasteiger partial charge in [0.2, 0.25) is 0 Å². The number of carbonyl (C=O) groups is 1. The highest BCUT2D eigenvalue weighted by atomic mass is 16.3. The van der Waals surface area contributed by atoms with Crippen molar-refractivity contribution < 1.29 is 9.90 Å². The van der Waals surface area contributed by atoms with Crippen LogP contribution in [0.25, 0.3) is 0 Å². The van der Waals surface area contributed by atoms with E-state index in [1.165, 1.54) is 6.20 Å². The minimum Gasteiger partial charge on any atom is -0.506 e. The Hall–Kier alpha value is -3.26. The third-order valence-electron chi connectivity index (χ3n) is 3.54. The molecular weight excluding hydrogens is 302 g/mol. The van der Waals surface area contributed by atoms with Gasteiger partial charge in [-0.15, -0.1) is 0 Å². The largest absolute Gasteiger partial charge is 0.506 e. The number of phenolic OH excluding ortho intramolecular Hbond substituents is 1. The van der Waals surface area contributed by atoms with E-state index in [4.69, 9.17) is 0 Å². The van der Waals surface area contributed by atoms with Crippen LogP contribution in [0.5, 0.6) is 5.75 Å². The summed E-state index contributed by atoms with van der Waals surface area (Å²) in [7, 11) is 0. The predicted octanol–water partition coefficient (Wildman–Crippen LogP) is 3.40. The van der Waals surface area contributed by atoms with E-state index in [9.17, 15) is 15.2 Å². The van der Waals surface area contributed by atoms with Gasteiger partial charge in [-0.3, -0.25) is 4.79 Å². The van der Waals surface area contributed by atoms with Gasteiger partial charge in [0, 0.05) is 6.20 Å². The molecule has 1 unspecified atom stereocenters. The lowest BCUT2D eigenvalue weighted by Gasteiger charge is -2.14. The third-order valence-corrected chi connectivity index (χ3v) is 3.54. The van der Waals surface area contributed by atoms with Crippen LogP contribution in [-0.4, -0.2) is 11.0 Å². The summed E-state index contributed by atoms with van der Waals surface area (Å²) < 4.78 is 0. The molecule has 2 rings (SSSR count). The number of aromatic hydroxyl groups is 1. The molecule has 0 bridgehead atoms. The van der Waals surface area contributed by atoms with Crippen LogP contribution in [0.1, 0.15) is 24.1 Å². The summed E-state index contributed by atoms with van der Waals surface area (Å²) in [6.07, 6.45) is 1.29. The molecule has 0 radical (unpaired) electrons. The van der Waals surface area contributed by atoms with Gasteiger partial charge in [-0.2, -0.15) is 5.26 Å². The number of aryl methyl sites for hydroxylation is 1. The maximum atomic E-state index is 12.2. The lowest BCUT2D eigenvalue weighted by atomic mass is 10.1. The van der Waals surface area contributed by atoms with Gasteiger partial charge in [0.25, 0.3) is 5.91 Å². The van der Waals surface area contributed by atoms with Gasteiger partial charge >= 0.3 is 0 Å². The number of benzene rings is 2. The van der Waals surface area contributed by atoms with Gasteiger partial charge in [0.1, 0.15) is 17.4 Å². The fourth-order valence-electron chi connectivity index (χ4n) is 2.16. The smallest absolute Gasteiger partial charge is 0.263 e. The maximum absolute atomic E-state index is 12.2. The number of carbonyl (C=O) groups excluding carboxylic acids is 1. The third kappa shape index (κ3) is 4.37. The Labute approximate surface area is 141 Å². The number of rotatable bonds is 5. The molecule has 0 heterocycles. The standard InChI is InChI=1S/C19H19N3O2/c1-13-8-9-17(18(23)10-13)21-12-16(11-20)19(24)22-14(2)15-6-4-3-5-7-15/h3-10,12,14,21,23H,1-2H3,(H,22,24)/b16-12-. The molecule has 24 heavy (non-hydrogen) atoms. The second-order valence-electron chi connectivity index (χ2n) is 5.44. The zero-order chi connectivity index (χ0) is 17.5. The fourth-order valence-corrected chi connectivity index (χ4v) is 2.16. The van der Waals surface area contributed by atoms with Gasteiger partial charge in [0.05, 0.1) is 11.7 Å². The Morgan fingerprint density at radius 3 is 2.58 bits per heavy atom. The summed E-state index contributed by atoms with van der Waals surface area (Å²) in [6, 6.07) is 16.2. The van der Waals surface area contributed by atoms with Crippen LogP contribution in [0.3, 0.4) is 0 Å². The minimum atomic E-state index is -0.479. The molecule has 0 aromatic heterocycles. The van der Waals surface area contributed by atoms with Crippen molar-refractivity contribution in [3.63, 3.8) is 0 Å². The lowest BCUT2D eigenvalue weighted by Crippen LogP contribution is -2.28. The van der Waals surface area contributed by atoms with Crippen LogP contribution in [0.4, 0.5) is 5.69 Å². The molecule has 122 valence electrons. The molecule has 0 spiro atoms. The van der Waals surface area contributed by atoms with E-state index in [1.807, 2.05) is 56.3 Å². The van der Waals surface area contributed by atoms with Crippen LogP contribution in [0.15, 0.2) is 60.3 Å². The molecule has 0 saturated carbocycles. The summed E-state index contributed by atoms with van der Waals surface area (Å²) in [5.74, 6) is -0.422. The molecule has 5 nitrogen and oxygen atoms in total. The summed E-state index contributed by atoms with van der Waals surface area (Å²) in [6.45, 7) is 3.71. The van der Waals surface area contributed by atoms with Crippen LogP contribution in [0.2, 0.25) is 0 Å². The average molecular weight is 321 g/mol. The van der Waals surface area contributed by atoms with Crippen LogP contribution >= 0.6 is 0 Å². The molecule has 2 aromatic carbocycles. The van der Waals surface area contributed by atoms with E-state index in [2.05, 4.69) is 10.6 Å². The predicted molar refractivity (Wildman–Crippen MR) is 93.2 cm³/mol. The minimum absolute atomic E-state index is 0.0570. The van der Waals surface area contributed by atoms with Crippen molar-refractivity contribution in [3.8, 4) is 11.8 Å². The Kier molecular flexibility index (Phi) is 5.58. The van der Waals surface area contributed by atoms with E-state index in [0.717, 1.165) is 11.1 Å². The Morgan fingerprint density at radius 1 is 1.25 bits per heavy atom. The van der Waals surface area contributed by atoms with E-state index < -0.39 is 5.91 Å². The second-order valence-corrected chi connectivity index (χ2v) is 5.44. The Morgan fingerprint density at radius 2 is 1.96 bits per heavy atom. The normalized spacial score (nSPS) is 12.1. The second kappa shape index (κ2) is 7.84. The van der Waals surface area contributed by atoms with Gasteiger partial charge in [0.15, 0.2) is 0 Å². The lowest BCUT2D eigenvalue weighted by molar-refractivity contribution is -0.117. The van der Waals surface area contributed by atoms with Crippen molar-refractivity contribution in [3.05, 3.63) is 71.4 Å². The van der Waals surface area contributed by atoms with Crippen molar-refractivity contribution in [2.45, 2.75) is 19.9 Å². The maximum Gasteiger partial charge on any atom is 0.263 e. The van der Waals surface area contributed by atoms with Crippen molar-refractivity contribution in [1.29, 1.82) is 5.26 Å². The number of anilines is 1. The van der Waals surface area contributed by atoms with Gasteiger partial charge in [-0.25, -0.2) is 0 Å². The molecule has 1 amide bonds. The van der Waals surface area contributed by atoms with E-state index in [0.29, 0.717) is 5.69 Å². The molecule has 1 atom stereocenters. The van der Waals surface area contributed by atoms with Crippen molar-refractivity contribution in [2.75, 3.05) is 5.32 Å². The zero-order valence-electron chi connectivity index (χ0n) is 13.6. The highest BCUT2D eigenvalue weighted by molar-refractivity contribution is 5.97. The van der Waals surface area contributed by atoms with Crippen LogP contribution in [-0.2, 0) is 4.79 Å². The number of amides is 1. The molecular formula is C19H19N3O2. The summed E-state index contributed by atoms with van der Waals surface area (Å²) in [5, 5.41) is 24.6. The highest BCUT2D eigenvalue weighted by Gasteiger charge is 2.13. The summed E-state index contributed by atoms with van der Waals surface area (Å²) in [5.41, 5.74) is 2.22. The number of nitriles is 1. The Bertz CT molecular complexity index is 792. The van der Waals surface area contributed by atoms with Gasteiger partial charge in [-0.1, -0.05) is 36.4 Å². The molecule has 2 aromatic rings. The molecule has 3 N–H and O–H groups in total. The van der Waals surface area contributed by atoms with Crippen LogP contribution in [0, 0.1) is 18.3 Å². The van der Waals surface area contributed by atoms with E-state index >= 15 is 0 Å². The van der Waals surface area contributed by atoms with E-state index in [1.54, 1.807) is 12.1 Å². The van der Waals surface area contributed by atoms with Crippen molar-refractivity contribution >= 4 is 11.6 Å². The summed E-state index contributed by atoms with van der Waals surface area (Å²) in [4.78, 5) is 12.2. The molecule has 0 aliphatic carbocycles. The fraction of sp³-hybridized carbons (Fsp3) is 0.158. The SMILES string of the molecule is Cc1ccc(N/C=C(/C#N)C(=O)NC(C)c2ccccc2)c(O)c1. The highest BCUT2D eigenvalue weighted by Crippen LogP contribution is 2.24. The number of phenols is 1. The Balaban J connectivity index is 2.07. The quantitative estimate of drug-likeness (QED) is 0.447. The van der Waals surface area contributed by atoms with Crippen LogP contribution < -0.4 is 10.6 Å². The van der Waals surface area contributed by atoms with Gasteiger partial charge in [-0.05, 0) is 37.1 Å². The van der Waals surface area contributed by atoms with E-state index in [-0.39, 0.29) is 17.4 Å². The first-order valence-corrected chi connectivity index (χ1v) is 7.53. The zero-order valence-corrected chi connectivity index (χ0v) is 13.6. The first kappa shape index (κ1) is 17.1. The number of hydrogen-bond acceptors (Lipinski definition) is 4.